The zero-order valence-electron chi connectivity index (χ0n) is 14.7. The quantitative estimate of drug-likeness (QED) is 0.589. The lowest BCUT2D eigenvalue weighted by Gasteiger charge is -2.29. The number of nitrogens with zero attached hydrogens (tertiary/aromatic N) is 2. The maximum atomic E-state index is 4.95. The van der Waals surface area contributed by atoms with Crippen molar-refractivity contribution >= 4 is 11.0 Å². The summed E-state index contributed by atoms with van der Waals surface area (Å²) in [6.45, 7) is 4.60. The first-order chi connectivity index (χ1) is 11.8. The first-order valence-corrected chi connectivity index (χ1v) is 9.34. The molecule has 1 unspecified atom stereocenters. The third-order valence-corrected chi connectivity index (χ3v) is 5.62. The Labute approximate surface area is 144 Å². The van der Waals surface area contributed by atoms with Crippen molar-refractivity contribution in [2.24, 2.45) is 5.92 Å². The fourth-order valence-corrected chi connectivity index (χ4v) is 4.29. The van der Waals surface area contributed by atoms with E-state index in [9.17, 15) is 0 Å². The average molecular weight is 318 g/mol. The molecule has 1 aromatic heterocycles. The minimum Gasteiger partial charge on any atom is -0.296 e. The molecule has 4 rings (SSSR count). The van der Waals surface area contributed by atoms with Crippen LogP contribution in [0.3, 0.4) is 0 Å². The number of rotatable bonds is 3. The minimum atomic E-state index is 0.704. The van der Waals surface area contributed by atoms with Gasteiger partial charge in [-0.05, 0) is 48.1 Å². The lowest BCUT2D eigenvalue weighted by molar-refractivity contribution is 0.331. The first kappa shape index (κ1) is 15.4. The summed E-state index contributed by atoms with van der Waals surface area (Å²) >= 11 is 0. The third-order valence-electron chi connectivity index (χ3n) is 5.62. The minimum absolute atomic E-state index is 0.704. The smallest absolute Gasteiger partial charge is 0.114 e. The molecule has 2 heteroatoms. The second kappa shape index (κ2) is 6.43. The van der Waals surface area contributed by atoms with Crippen LogP contribution < -0.4 is 0 Å². The second-order valence-corrected chi connectivity index (χ2v) is 7.17. The topological polar surface area (TPSA) is 17.8 Å². The number of aromatic nitrogens is 2. The highest BCUT2D eigenvalue weighted by Crippen LogP contribution is 2.38. The van der Waals surface area contributed by atoms with E-state index in [1.807, 2.05) is 0 Å². The molecular formula is C22H26N2. The number of aryl methyl sites for hydroxylation is 1. The largest absolute Gasteiger partial charge is 0.296 e. The Morgan fingerprint density at radius 2 is 1.83 bits per heavy atom. The van der Waals surface area contributed by atoms with Crippen molar-refractivity contribution in [3.8, 4) is 5.69 Å². The van der Waals surface area contributed by atoms with Crippen molar-refractivity contribution in [3.63, 3.8) is 0 Å². The normalized spacial score (nSPS) is 21.2. The third kappa shape index (κ3) is 2.64. The molecule has 0 spiro atoms. The van der Waals surface area contributed by atoms with Crippen LogP contribution in [0.4, 0.5) is 0 Å². The van der Waals surface area contributed by atoms with E-state index in [0.29, 0.717) is 5.92 Å². The monoisotopic (exact) mass is 318 g/mol. The van der Waals surface area contributed by atoms with E-state index in [1.54, 1.807) is 0 Å². The zero-order valence-corrected chi connectivity index (χ0v) is 14.7. The standard InChI is InChI=1S/C22H26N2/c1-3-22-23-20-15-17(19-12-8-7-9-16(19)2)13-14-21(20)24(22)18-10-5-4-6-11-18/h4-6,10-11,13-16,19H,3,7-9,12H2,1-2H3/t16?,19-/m0/s1. The number of hydrogen-bond donors (Lipinski definition) is 0. The molecule has 1 fully saturated rings. The van der Waals surface area contributed by atoms with Crippen molar-refractivity contribution in [3.05, 3.63) is 59.9 Å². The molecule has 3 aromatic rings. The molecule has 0 bridgehead atoms. The molecule has 2 nitrogen and oxygen atoms in total. The van der Waals surface area contributed by atoms with Gasteiger partial charge in [0.2, 0.25) is 0 Å². The zero-order chi connectivity index (χ0) is 16.5. The van der Waals surface area contributed by atoms with Gasteiger partial charge in [-0.1, -0.05) is 57.4 Å². The van der Waals surface area contributed by atoms with Crippen LogP contribution in [-0.4, -0.2) is 9.55 Å². The Balaban J connectivity index is 1.81. The molecule has 0 N–H and O–H groups in total. The van der Waals surface area contributed by atoms with Crippen LogP contribution in [0.5, 0.6) is 0 Å². The summed E-state index contributed by atoms with van der Waals surface area (Å²) in [6.07, 6.45) is 6.39. The van der Waals surface area contributed by atoms with Gasteiger partial charge >= 0.3 is 0 Å². The lowest BCUT2D eigenvalue weighted by Crippen LogP contribution is -2.14. The lowest BCUT2D eigenvalue weighted by atomic mass is 9.76. The van der Waals surface area contributed by atoms with E-state index < -0.39 is 0 Å². The molecular weight excluding hydrogens is 292 g/mol. The van der Waals surface area contributed by atoms with Gasteiger partial charge in [0.1, 0.15) is 5.82 Å². The van der Waals surface area contributed by atoms with Gasteiger partial charge in [0, 0.05) is 12.1 Å². The molecule has 124 valence electrons. The van der Waals surface area contributed by atoms with Gasteiger partial charge in [-0.3, -0.25) is 4.57 Å². The molecule has 0 aliphatic heterocycles. The van der Waals surface area contributed by atoms with E-state index >= 15 is 0 Å². The highest BCUT2D eigenvalue weighted by atomic mass is 15.1. The van der Waals surface area contributed by atoms with Gasteiger partial charge in [0.15, 0.2) is 0 Å². The van der Waals surface area contributed by atoms with Crippen molar-refractivity contribution in [2.75, 3.05) is 0 Å². The van der Waals surface area contributed by atoms with Gasteiger partial charge in [-0.25, -0.2) is 4.98 Å². The van der Waals surface area contributed by atoms with Crippen LogP contribution in [0, 0.1) is 5.92 Å². The maximum absolute atomic E-state index is 4.95. The number of imidazole rings is 1. The van der Waals surface area contributed by atoms with Gasteiger partial charge in [-0.15, -0.1) is 0 Å². The molecule has 1 aliphatic carbocycles. The molecule has 1 saturated carbocycles. The van der Waals surface area contributed by atoms with Crippen LogP contribution in [0.2, 0.25) is 0 Å². The summed E-state index contributed by atoms with van der Waals surface area (Å²) < 4.78 is 2.31. The van der Waals surface area contributed by atoms with Gasteiger partial charge in [-0.2, -0.15) is 0 Å². The molecule has 0 radical (unpaired) electrons. The number of fused-ring (bicyclic) bond motifs is 1. The fourth-order valence-electron chi connectivity index (χ4n) is 4.29. The summed E-state index contributed by atoms with van der Waals surface area (Å²) in [5.74, 6) is 2.64. The Hall–Kier alpha value is -2.09. The Bertz CT molecular complexity index is 832. The van der Waals surface area contributed by atoms with E-state index in [1.165, 1.54) is 42.5 Å². The summed E-state index contributed by atoms with van der Waals surface area (Å²) in [6, 6.07) is 17.6. The summed E-state index contributed by atoms with van der Waals surface area (Å²) in [4.78, 5) is 4.95. The number of para-hydroxylation sites is 1. The molecule has 2 atom stereocenters. The predicted octanol–water partition coefficient (Wildman–Crippen LogP) is 5.88. The van der Waals surface area contributed by atoms with Crippen LogP contribution in [0.25, 0.3) is 16.7 Å². The summed E-state index contributed by atoms with van der Waals surface area (Å²) in [7, 11) is 0. The Kier molecular flexibility index (Phi) is 4.13. The first-order valence-electron chi connectivity index (χ1n) is 9.34. The van der Waals surface area contributed by atoms with Crippen LogP contribution >= 0.6 is 0 Å². The van der Waals surface area contributed by atoms with Crippen molar-refractivity contribution in [1.82, 2.24) is 9.55 Å². The highest BCUT2D eigenvalue weighted by Gasteiger charge is 2.23. The Morgan fingerprint density at radius 1 is 1.04 bits per heavy atom. The van der Waals surface area contributed by atoms with Crippen molar-refractivity contribution in [1.29, 1.82) is 0 Å². The molecule has 1 heterocycles. The Morgan fingerprint density at radius 3 is 2.58 bits per heavy atom. The number of hydrogen-bond acceptors (Lipinski definition) is 1. The number of benzene rings is 2. The van der Waals surface area contributed by atoms with Gasteiger partial charge in [0.05, 0.1) is 11.0 Å². The van der Waals surface area contributed by atoms with Gasteiger partial charge in [0.25, 0.3) is 0 Å². The molecule has 0 saturated heterocycles. The maximum Gasteiger partial charge on any atom is 0.114 e. The second-order valence-electron chi connectivity index (χ2n) is 7.17. The van der Waals surface area contributed by atoms with Crippen LogP contribution in [0.15, 0.2) is 48.5 Å². The molecule has 1 aliphatic rings. The van der Waals surface area contributed by atoms with Crippen LogP contribution in [0.1, 0.15) is 56.8 Å². The van der Waals surface area contributed by atoms with E-state index in [0.717, 1.165) is 23.7 Å². The average Bonchev–Trinajstić information content (AvgIpc) is 3.00. The van der Waals surface area contributed by atoms with E-state index in [-0.39, 0.29) is 0 Å². The molecule has 2 aromatic carbocycles. The predicted molar refractivity (Wildman–Crippen MR) is 101 cm³/mol. The van der Waals surface area contributed by atoms with E-state index in [2.05, 4.69) is 66.9 Å². The summed E-state index contributed by atoms with van der Waals surface area (Å²) in [5.41, 5.74) is 5.06. The molecule has 0 amide bonds. The highest BCUT2D eigenvalue weighted by molar-refractivity contribution is 5.79. The SMILES string of the molecule is CCc1nc2cc([C@H]3CCCCC3C)ccc2n1-c1ccccc1. The molecule has 24 heavy (non-hydrogen) atoms. The van der Waals surface area contributed by atoms with Crippen molar-refractivity contribution < 1.29 is 0 Å². The fraction of sp³-hybridized carbons (Fsp3) is 0.409. The van der Waals surface area contributed by atoms with E-state index in [4.69, 9.17) is 4.98 Å². The summed E-state index contributed by atoms with van der Waals surface area (Å²) in [5, 5.41) is 0. The van der Waals surface area contributed by atoms with Crippen molar-refractivity contribution in [2.45, 2.75) is 51.9 Å². The van der Waals surface area contributed by atoms with Crippen LogP contribution in [-0.2, 0) is 6.42 Å². The van der Waals surface area contributed by atoms with Gasteiger partial charge < -0.3 is 0 Å².